The van der Waals surface area contributed by atoms with Gasteiger partial charge in [-0.2, -0.15) is 0 Å². The van der Waals surface area contributed by atoms with Crippen LogP contribution in [0.4, 0.5) is 0 Å². The number of nitrogens with zero attached hydrogens (tertiary/aromatic N) is 1. The highest BCUT2D eigenvalue weighted by Gasteiger charge is 2.34. The van der Waals surface area contributed by atoms with Crippen molar-refractivity contribution in [3.8, 4) is 0 Å². The van der Waals surface area contributed by atoms with Crippen molar-refractivity contribution in [3.05, 3.63) is 0 Å². The molecule has 6 heteroatoms. The highest BCUT2D eigenvalue weighted by Crippen LogP contribution is 2.18. The quantitative estimate of drug-likeness (QED) is 0.735. The van der Waals surface area contributed by atoms with Gasteiger partial charge in [0.2, 0.25) is 5.91 Å². The first kappa shape index (κ1) is 17.9. The molecule has 0 spiro atoms. The fraction of sp³-hybridized carbons (Fsp3) is 0.867. The predicted molar refractivity (Wildman–Crippen MR) is 79.9 cm³/mol. The number of hydrogen-bond acceptors (Lipinski definition) is 5. The lowest BCUT2D eigenvalue weighted by molar-refractivity contribution is -0.145. The molecular weight excluding hydrogens is 272 g/mol. The van der Waals surface area contributed by atoms with Crippen LogP contribution in [-0.4, -0.2) is 61.3 Å². The Bertz CT molecular complexity index is 350. The SMILES string of the molecule is CCOC(=O)CNC(=O)C(C(C)C)N1CC(C)OC(C)C1. The Kier molecular flexibility index (Phi) is 7.11. The van der Waals surface area contributed by atoms with Gasteiger partial charge >= 0.3 is 5.97 Å². The lowest BCUT2D eigenvalue weighted by atomic mass is 9.99. The molecule has 0 aliphatic carbocycles. The Balaban J connectivity index is 2.63. The molecule has 0 aromatic carbocycles. The molecule has 21 heavy (non-hydrogen) atoms. The number of amides is 1. The molecule has 0 aromatic rings. The van der Waals surface area contributed by atoms with E-state index in [0.29, 0.717) is 6.61 Å². The second kappa shape index (κ2) is 8.34. The number of rotatable bonds is 6. The van der Waals surface area contributed by atoms with Crippen LogP contribution in [0.15, 0.2) is 0 Å². The first-order valence-electron chi connectivity index (χ1n) is 7.68. The van der Waals surface area contributed by atoms with Gasteiger partial charge in [0.1, 0.15) is 6.54 Å². The van der Waals surface area contributed by atoms with E-state index in [4.69, 9.17) is 9.47 Å². The van der Waals surface area contributed by atoms with Crippen molar-refractivity contribution in [1.29, 1.82) is 0 Å². The summed E-state index contributed by atoms with van der Waals surface area (Å²) in [5, 5.41) is 2.68. The topological polar surface area (TPSA) is 67.9 Å². The van der Waals surface area contributed by atoms with Crippen LogP contribution in [0.2, 0.25) is 0 Å². The zero-order valence-electron chi connectivity index (χ0n) is 13.7. The number of esters is 1. The van der Waals surface area contributed by atoms with Crippen LogP contribution in [0.5, 0.6) is 0 Å². The summed E-state index contributed by atoms with van der Waals surface area (Å²) in [6.07, 6.45) is 0.209. The van der Waals surface area contributed by atoms with Crippen LogP contribution in [-0.2, 0) is 19.1 Å². The van der Waals surface area contributed by atoms with Gasteiger partial charge in [0.25, 0.3) is 0 Å². The molecule has 0 aromatic heterocycles. The minimum Gasteiger partial charge on any atom is -0.465 e. The van der Waals surface area contributed by atoms with Crippen molar-refractivity contribution in [2.24, 2.45) is 5.92 Å². The minimum atomic E-state index is -0.405. The van der Waals surface area contributed by atoms with Crippen LogP contribution >= 0.6 is 0 Å². The fourth-order valence-corrected chi connectivity index (χ4v) is 2.81. The summed E-state index contributed by atoms with van der Waals surface area (Å²) in [6, 6.07) is -0.256. The summed E-state index contributed by atoms with van der Waals surface area (Å²) in [5.74, 6) is -0.374. The molecule has 3 atom stereocenters. The largest absolute Gasteiger partial charge is 0.465 e. The van der Waals surface area contributed by atoms with E-state index >= 15 is 0 Å². The first-order valence-corrected chi connectivity index (χ1v) is 7.68. The standard InChI is InChI=1S/C15H28N2O4/c1-6-20-13(18)7-16-15(19)14(10(2)3)17-8-11(4)21-12(5)9-17/h10-12,14H,6-9H2,1-5H3,(H,16,19). The Hall–Kier alpha value is -1.14. The molecule has 1 amide bonds. The van der Waals surface area contributed by atoms with E-state index in [9.17, 15) is 9.59 Å². The molecule has 122 valence electrons. The van der Waals surface area contributed by atoms with Crippen LogP contribution in [0.3, 0.4) is 0 Å². The van der Waals surface area contributed by atoms with Crippen LogP contribution in [0.25, 0.3) is 0 Å². The van der Waals surface area contributed by atoms with Crippen molar-refractivity contribution < 1.29 is 19.1 Å². The minimum absolute atomic E-state index is 0.0780. The molecule has 1 fully saturated rings. The third kappa shape index (κ3) is 5.63. The number of hydrogen-bond donors (Lipinski definition) is 1. The summed E-state index contributed by atoms with van der Waals surface area (Å²) in [5.41, 5.74) is 0. The Morgan fingerprint density at radius 2 is 1.86 bits per heavy atom. The van der Waals surface area contributed by atoms with Gasteiger partial charge < -0.3 is 14.8 Å². The molecule has 1 saturated heterocycles. The Morgan fingerprint density at radius 3 is 2.33 bits per heavy atom. The molecule has 1 rings (SSSR count). The first-order chi connectivity index (χ1) is 9.85. The summed E-state index contributed by atoms with van der Waals surface area (Å²) in [4.78, 5) is 25.9. The van der Waals surface area contributed by atoms with E-state index in [1.807, 2.05) is 27.7 Å². The maximum Gasteiger partial charge on any atom is 0.325 e. The Morgan fingerprint density at radius 1 is 1.29 bits per heavy atom. The summed E-state index contributed by atoms with van der Waals surface area (Å²) >= 11 is 0. The molecule has 1 aliphatic rings. The van der Waals surface area contributed by atoms with E-state index < -0.39 is 5.97 Å². The molecule has 0 bridgehead atoms. The number of ether oxygens (including phenoxy) is 2. The van der Waals surface area contributed by atoms with E-state index in [0.717, 1.165) is 13.1 Å². The highest BCUT2D eigenvalue weighted by atomic mass is 16.5. The average molecular weight is 300 g/mol. The molecule has 3 unspecified atom stereocenters. The lowest BCUT2D eigenvalue weighted by Crippen LogP contribution is -2.57. The zero-order valence-corrected chi connectivity index (χ0v) is 13.7. The van der Waals surface area contributed by atoms with E-state index in [-0.39, 0.29) is 36.6 Å². The van der Waals surface area contributed by atoms with Gasteiger partial charge in [-0.3, -0.25) is 14.5 Å². The van der Waals surface area contributed by atoms with Gasteiger partial charge in [0.15, 0.2) is 0 Å². The smallest absolute Gasteiger partial charge is 0.325 e. The summed E-state index contributed by atoms with van der Waals surface area (Å²) in [6.45, 7) is 11.5. The van der Waals surface area contributed by atoms with Crippen molar-refractivity contribution in [3.63, 3.8) is 0 Å². The Labute approximate surface area is 127 Å². The number of carbonyl (C=O) groups is 2. The molecule has 1 heterocycles. The van der Waals surface area contributed by atoms with Crippen molar-refractivity contribution in [1.82, 2.24) is 10.2 Å². The van der Waals surface area contributed by atoms with Crippen molar-refractivity contribution in [2.45, 2.75) is 52.9 Å². The average Bonchev–Trinajstić information content (AvgIpc) is 2.35. The second-order valence-corrected chi connectivity index (χ2v) is 5.92. The predicted octanol–water partition coefficient (Wildman–Crippen LogP) is 0.800. The van der Waals surface area contributed by atoms with Crippen molar-refractivity contribution >= 4 is 11.9 Å². The molecule has 1 aliphatic heterocycles. The van der Waals surface area contributed by atoms with E-state index in [1.165, 1.54) is 0 Å². The maximum absolute atomic E-state index is 12.4. The molecule has 1 N–H and O–H groups in total. The molecular formula is C15H28N2O4. The third-order valence-corrected chi connectivity index (χ3v) is 3.45. The number of nitrogens with one attached hydrogen (secondary N) is 1. The molecule has 0 radical (unpaired) electrons. The summed E-state index contributed by atoms with van der Waals surface area (Å²) in [7, 11) is 0. The zero-order chi connectivity index (χ0) is 16.0. The number of carbonyl (C=O) groups excluding carboxylic acids is 2. The fourth-order valence-electron chi connectivity index (χ4n) is 2.81. The van der Waals surface area contributed by atoms with Crippen LogP contribution in [0.1, 0.15) is 34.6 Å². The van der Waals surface area contributed by atoms with Crippen LogP contribution < -0.4 is 5.32 Å². The third-order valence-electron chi connectivity index (χ3n) is 3.45. The van der Waals surface area contributed by atoms with Gasteiger partial charge in [-0.1, -0.05) is 13.8 Å². The van der Waals surface area contributed by atoms with E-state index in [2.05, 4.69) is 10.2 Å². The number of morpholine rings is 1. The lowest BCUT2D eigenvalue weighted by Gasteiger charge is -2.40. The normalized spacial score (nSPS) is 24.7. The van der Waals surface area contributed by atoms with Gasteiger partial charge in [0.05, 0.1) is 24.9 Å². The van der Waals surface area contributed by atoms with Gasteiger partial charge in [-0.15, -0.1) is 0 Å². The van der Waals surface area contributed by atoms with Gasteiger partial charge in [-0.05, 0) is 26.7 Å². The van der Waals surface area contributed by atoms with Crippen LogP contribution in [0, 0.1) is 5.92 Å². The van der Waals surface area contributed by atoms with Gasteiger partial charge in [-0.25, -0.2) is 0 Å². The monoisotopic (exact) mass is 300 g/mol. The second-order valence-electron chi connectivity index (χ2n) is 5.92. The molecule has 6 nitrogen and oxygen atoms in total. The maximum atomic E-state index is 12.4. The highest BCUT2D eigenvalue weighted by molar-refractivity contribution is 5.85. The van der Waals surface area contributed by atoms with E-state index in [1.54, 1.807) is 6.92 Å². The molecule has 0 saturated carbocycles. The summed E-state index contributed by atoms with van der Waals surface area (Å²) < 4.78 is 10.5. The van der Waals surface area contributed by atoms with Crippen molar-refractivity contribution in [2.75, 3.05) is 26.2 Å². The van der Waals surface area contributed by atoms with Gasteiger partial charge in [0, 0.05) is 13.1 Å².